The van der Waals surface area contributed by atoms with Crippen LogP contribution in [0.1, 0.15) is 187 Å². The molecule has 0 aliphatic heterocycles. The second kappa shape index (κ2) is 165. The smallest absolute Gasteiger partial charge is 2.00 e. The van der Waals surface area contributed by atoms with E-state index >= 15 is 0 Å². The number of rotatable bonds is 29. The summed E-state index contributed by atoms with van der Waals surface area (Å²) in [6.45, 7) is 7.38. The Bertz CT molecular complexity index is 953. The Kier molecular flexibility index (Phi) is 318. The van der Waals surface area contributed by atoms with E-state index in [0.29, 0.717) is 0 Å². The van der Waals surface area contributed by atoms with Gasteiger partial charge in [0, 0.05) is 0 Å². The molecule has 0 radical (unpaired) electrons. The first-order valence-corrected chi connectivity index (χ1v) is 26.2. The van der Waals surface area contributed by atoms with E-state index in [0.717, 1.165) is 0 Å². The summed E-state index contributed by atoms with van der Waals surface area (Å²) in [6, 6.07) is 0. The molecule has 3 N–H and O–H groups in total. The van der Waals surface area contributed by atoms with Crippen LogP contribution in [0.3, 0.4) is 0 Å². The summed E-state index contributed by atoms with van der Waals surface area (Å²) in [5.41, 5.74) is 0. The van der Waals surface area contributed by atoms with Crippen molar-refractivity contribution in [1.29, 1.82) is 0 Å². The van der Waals surface area contributed by atoms with E-state index in [1.807, 2.05) is 0 Å². The zero-order valence-corrected chi connectivity index (χ0v) is 54.2. The maximum Gasteiger partial charge on any atom is 3.00 e. The Morgan fingerprint density at radius 3 is 0.449 bits per heavy atom. The van der Waals surface area contributed by atoms with Crippen molar-refractivity contribution in [2.24, 2.45) is 0 Å². The van der Waals surface area contributed by atoms with E-state index in [4.69, 9.17) is 71.4 Å². The molecule has 0 aromatic heterocycles. The molecule has 0 atom stereocenters. The van der Waals surface area contributed by atoms with Crippen molar-refractivity contribution < 1.29 is 114 Å². The van der Waals surface area contributed by atoms with Crippen molar-refractivity contribution in [3.05, 3.63) is 0 Å². The van der Waals surface area contributed by atoms with Gasteiger partial charge in [0.2, 0.25) is 0 Å². The van der Waals surface area contributed by atoms with Gasteiger partial charge in [0.05, 0.1) is 27.2 Å². The zero-order chi connectivity index (χ0) is 46.7. The minimum atomic E-state index is -1.42. The van der Waals surface area contributed by atoms with Gasteiger partial charge in [-0.1, -0.05) is 162 Å². The van der Waals surface area contributed by atoms with Crippen LogP contribution in [-0.2, 0) is 98.8 Å². The van der Waals surface area contributed by atoms with Crippen LogP contribution >= 0.6 is 0 Å². The normalized spacial score (nSPS) is 6.84. The minimum absolute atomic E-state index is 0. The number of nitrogens with zero attached hydrogens (tertiary/aromatic N) is 1. The SMILES string of the molecule is CCCCCCCCCCCCCCCC[N+](C)(C)CCCCCCCCCCCCCCC.O.O=[Si]=O.O=[Si]=O.O=[Si]=O.O=[Si]=O.O=[Si]=O.O=[Si]=O.O=[Si]=O.O=[Si]=O.[Al+3].[Al+3].[Mg+2].[Mg+2].[O-2].[O-2].[O-2].[O-2].[O-2].[OH-]. The second-order valence-corrected chi connectivity index (χ2v) is 14.2. The summed E-state index contributed by atoms with van der Waals surface area (Å²) >= 11 is 0. The van der Waals surface area contributed by atoms with Gasteiger partial charge in [-0.15, -0.1) is 0 Å². The van der Waals surface area contributed by atoms with Crippen LogP contribution in [0.25, 0.3) is 0 Å². The van der Waals surface area contributed by atoms with Crippen LogP contribution in [0, 0.1) is 0 Å². The van der Waals surface area contributed by atoms with Crippen molar-refractivity contribution in [2.75, 3.05) is 27.2 Å². The molecule has 0 rings (SSSR count). The third-order valence-electron chi connectivity index (χ3n) is 7.98. The Labute approximate surface area is 479 Å². The van der Waals surface area contributed by atoms with E-state index in [1.165, 1.54) is 191 Å². The first kappa shape index (κ1) is 133. The van der Waals surface area contributed by atoms with Crippen LogP contribution in [-0.4, -0.2) is 198 Å². The van der Waals surface area contributed by atoms with Gasteiger partial charge < -0.3 is 42.8 Å². The fourth-order valence-electron chi connectivity index (χ4n) is 5.40. The fourth-order valence-corrected chi connectivity index (χ4v) is 5.40. The Morgan fingerprint density at radius 2 is 0.348 bits per heavy atom. The molecule has 0 heterocycles. The van der Waals surface area contributed by atoms with Crippen LogP contribution in [0.2, 0.25) is 0 Å². The largest absolute Gasteiger partial charge is 3.00 e. The monoisotopic (exact) mass is 1180 g/mol. The molecule has 0 amide bonds. The molecule has 0 unspecified atom stereocenters. The molecule has 24 nitrogen and oxygen atoms in total. The molecule has 0 fully saturated rings. The molecular weight excluding hydrogens is 1110 g/mol. The Hall–Kier alpha value is 0.812. The summed E-state index contributed by atoms with van der Waals surface area (Å²) < 4.78 is 136. The summed E-state index contributed by atoms with van der Waals surface area (Å²) in [7, 11) is -6.41. The van der Waals surface area contributed by atoms with Crippen LogP contribution in [0.15, 0.2) is 0 Å². The maximum absolute atomic E-state index is 8.40. The van der Waals surface area contributed by atoms with Crippen LogP contribution < -0.4 is 0 Å². The predicted molar refractivity (Wildman–Crippen MR) is 247 cm³/mol. The van der Waals surface area contributed by atoms with Crippen molar-refractivity contribution in [3.8, 4) is 0 Å². The molecule has 0 spiro atoms. The van der Waals surface area contributed by atoms with Gasteiger partial charge in [-0.05, 0) is 25.7 Å². The third kappa shape index (κ3) is 269. The molecule has 390 valence electrons. The van der Waals surface area contributed by atoms with E-state index in [2.05, 4.69) is 27.9 Å². The van der Waals surface area contributed by atoms with Crippen LogP contribution in [0.4, 0.5) is 0 Å². The molecule has 36 heteroatoms. The average Bonchev–Trinajstić information content (AvgIpc) is 3.16. The standard InChI is InChI=1S/C33H70N.2Al.2Mg.8O2Si.2H2O.5O/c1-5-7-9-11-13-15-17-19-21-23-25-27-29-31-33-34(3,4)32-30-28-26-24-22-20-18-16-14-12-10-8-6-2;;;;;8*1-3-2;;;;;;;/h5-33H2,1-4H3;;;;;;;;;;;;;2*1H2;;;;;/q+1;2*+3;2*+2;;;;;;;;;;;5*-2/p-1. The van der Waals surface area contributed by atoms with Crippen molar-refractivity contribution >= 4 is 155 Å². The molecule has 0 saturated carbocycles. The van der Waals surface area contributed by atoms with Crippen molar-refractivity contribution in [2.45, 2.75) is 187 Å². The molecule has 0 aromatic carbocycles. The average molecular weight is 1180 g/mol. The van der Waals surface area contributed by atoms with E-state index in [-0.39, 0.29) is 119 Å². The number of hydrogen-bond acceptors (Lipinski definition) is 17. The van der Waals surface area contributed by atoms with Gasteiger partial charge in [-0.25, -0.2) is 0 Å². The molecule has 0 bridgehead atoms. The van der Waals surface area contributed by atoms with Gasteiger partial charge in [-0.2, -0.15) is 0 Å². The number of hydrogen-bond donors (Lipinski definition) is 0. The van der Waals surface area contributed by atoms with Gasteiger partial charge >= 0.3 is 155 Å². The number of quaternary nitrogens is 1. The molecule has 69 heavy (non-hydrogen) atoms. The van der Waals surface area contributed by atoms with E-state index in [9.17, 15) is 0 Å². The van der Waals surface area contributed by atoms with Gasteiger partial charge in [0.1, 0.15) is 0 Å². The summed E-state index contributed by atoms with van der Waals surface area (Å²) in [6.07, 6.45) is 39.4. The zero-order valence-electron chi connectivity index (χ0n) is 41.0. The molecule has 0 aromatic rings. The summed E-state index contributed by atoms with van der Waals surface area (Å²) in [4.78, 5) is 0. The minimum Gasteiger partial charge on any atom is -2.00 e. The first-order valence-electron chi connectivity index (χ1n) is 19.7. The van der Waals surface area contributed by atoms with Gasteiger partial charge in [-0.3, -0.25) is 71.4 Å². The quantitative estimate of drug-likeness (QED) is 0.0587. The summed E-state index contributed by atoms with van der Waals surface area (Å²) in [5.74, 6) is 0. The fraction of sp³-hybridized carbons (Fsp3) is 1.00. The Balaban J connectivity index is -0.0000000323. The molecule has 0 aliphatic rings. The van der Waals surface area contributed by atoms with Crippen molar-refractivity contribution in [3.63, 3.8) is 0 Å². The molecule has 0 aliphatic carbocycles. The predicted octanol–water partition coefficient (Wildman–Crippen LogP) is 3.57. The Morgan fingerprint density at radius 1 is 0.261 bits per heavy atom. The third-order valence-corrected chi connectivity index (χ3v) is 7.98. The summed E-state index contributed by atoms with van der Waals surface area (Å²) in [5, 5.41) is 0. The molecule has 0 saturated heterocycles. The van der Waals surface area contributed by atoms with Crippen LogP contribution in [0.5, 0.6) is 0 Å². The maximum atomic E-state index is 8.40. The first-order chi connectivity index (χ1) is 27.9. The van der Waals surface area contributed by atoms with Crippen molar-refractivity contribution in [1.82, 2.24) is 0 Å². The second-order valence-electron chi connectivity index (χ2n) is 12.9. The molecular formula is C33H73Al2Mg2NO23Si8. The topological polar surface area (TPSA) is 477 Å². The van der Waals surface area contributed by atoms with Gasteiger partial charge in [0.25, 0.3) is 0 Å². The van der Waals surface area contributed by atoms with E-state index < -0.39 is 74.3 Å². The van der Waals surface area contributed by atoms with E-state index in [1.54, 1.807) is 0 Å². The van der Waals surface area contributed by atoms with Gasteiger partial charge in [0.15, 0.2) is 0 Å². The number of unbranched alkanes of at least 4 members (excludes halogenated alkanes) is 25.